The van der Waals surface area contributed by atoms with E-state index >= 15 is 0 Å². The van der Waals surface area contributed by atoms with Crippen LogP contribution in [0, 0.1) is 0 Å². The van der Waals surface area contributed by atoms with Gasteiger partial charge in [-0.05, 0) is 32.3 Å². The molecule has 26 heavy (non-hydrogen) atoms. The molecule has 1 heterocycles. The van der Waals surface area contributed by atoms with Gasteiger partial charge in [0.2, 0.25) is 0 Å². The topological polar surface area (TPSA) is 130 Å². The molecule has 1 aliphatic rings. The van der Waals surface area contributed by atoms with Gasteiger partial charge < -0.3 is 20.7 Å². The molecule has 0 aromatic heterocycles. The number of esters is 1. The van der Waals surface area contributed by atoms with Crippen LogP contribution in [0.4, 0.5) is 0 Å². The molecule has 144 valence electrons. The van der Waals surface area contributed by atoms with Gasteiger partial charge in [0.15, 0.2) is 0 Å². The van der Waals surface area contributed by atoms with Gasteiger partial charge in [-0.2, -0.15) is 0 Å². The number of ether oxygens (including phenoxy) is 1. The molecule has 8 heteroatoms. The Morgan fingerprint density at radius 3 is 2.04 bits per heavy atom. The number of hydrogen-bond donors (Lipinski definition) is 3. The van der Waals surface area contributed by atoms with Crippen LogP contribution in [0.25, 0.3) is 0 Å². The number of rotatable bonds is 4. The van der Waals surface area contributed by atoms with Crippen LogP contribution < -0.4 is 5.73 Å². The maximum Gasteiger partial charge on any atom is 0.414 e. The zero-order chi connectivity index (χ0) is 19.7. The molecule has 1 aromatic rings. The number of carboxylic acid groups (broad SMARTS) is 2. The van der Waals surface area contributed by atoms with E-state index in [4.69, 9.17) is 30.3 Å². The average molecular weight is 366 g/mol. The van der Waals surface area contributed by atoms with E-state index in [1.165, 1.54) is 5.56 Å². The van der Waals surface area contributed by atoms with Crippen LogP contribution in [0.1, 0.15) is 32.3 Å². The third-order valence-electron chi connectivity index (χ3n) is 3.93. The van der Waals surface area contributed by atoms with Crippen LogP contribution in [0.2, 0.25) is 0 Å². The van der Waals surface area contributed by atoms with E-state index in [2.05, 4.69) is 17.0 Å². The predicted molar refractivity (Wildman–Crippen MR) is 94.4 cm³/mol. The quantitative estimate of drug-likeness (QED) is 0.533. The molecule has 0 unspecified atom stereocenters. The van der Waals surface area contributed by atoms with E-state index in [0.717, 1.165) is 19.6 Å². The highest BCUT2D eigenvalue weighted by atomic mass is 16.5. The minimum Gasteiger partial charge on any atom is -0.473 e. The van der Waals surface area contributed by atoms with Crippen LogP contribution in [0.15, 0.2) is 30.3 Å². The lowest BCUT2D eigenvalue weighted by molar-refractivity contribution is -0.159. The Balaban J connectivity index is 0.000000487. The highest BCUT2D eigenvalue weighted by Gasteiger charge is 2.39. The molecule has 1 aromatic carbocycles. The van der Waals surface area contributed by atoms with Gasteiger partial charge in [0.1, 0.15) is 5.54 Å². The summed E-state index contributed by atoms with van der Waals surface area (Å²) >= 11 is 0. The molecule has 0 bridgehead atoms. The van der Waals surface area contributed by atoms with Crippen molar-refractivity contribution in [2.75, 3.05) is 13.1 Å². The summed E-state index contributed by atoms with van der Waals surface area (Å²) in [5, 5.41) is 14.8. The summed E-state index contributed by atoms with van der Waals surface area (Å²) in [6.45, 7) is 6.28. The standard InChI is InChI=1S/C16H24N2O2.C2H2O4/c1-13(2)20-15(19)16(17)8-10-18(11-9-16)12-14-6-4-3-5-7-14;3-1(4)2(5)6/h3-7,13H,8-12,17H2,1-2H3;(H,3,4)(H,5,6). The lowest BCUT2D eigenvalue weighted by Gasteiger charge is -2.37. The molecule has 0 atom stereocenters. The third-order valence-corrected chi connectivity index (χ3v) is 3.93. The number of nitrogens with zero attached hydrogens (tertiary/aromatic N) is 1. The van der Waals surface area contributed by atoms with Crippen molar-refractivity contribution < 1.29 is 29.3 Å². The van der Waals surface area contributed by atoms with Crippen molar-refractivity contribution in [3.63, 3.8) is 0 Å². The van der Waals surface area contributed by atoms with Gasteiger partial charge >= 0.3 is 17.9 Å². The van der Waals surface area contributed by atoms with E-state index in [0.29, 0.717) is 12.8 Å². The Morgan fingerprint density at radius 1 is 1.12 bits per heavy atom. The maximum absolute atomic E-state index is 12.0. The number of carbonyl (C=O) groups excluding carboxylic acids is 1. The molecule has 1 aliphatic heterocycles. The summed E-state index contributed by atoms with van der Waals surface area (Å²) in [6, 6.07) is 10.4. The van der Waals surface area contributed by atoms with Crippen LogP contribution in [-0.2, 0) is 25.7 Å². The van der Waals surface area contributed by atoms with E-state index in [1.54, 1.807) is 0 Å². The first-order valence-electron chi connectivity index (χ1n) is 8.36. The molecule has 0 saturated carbocycles. The van der Waals surface area contributed by atoms with Gasteiger partial charge in [-0.3, -0.25) is 9.69 Å². The second kappa shape index (κ2) is 9.88. The number of piperidine rings is 1. The summed E-state index contributed by atoms with van der Waals surface area (Å²) in [4.78, 5) is 32.6. The van der Waals surface area contributed by atoms with Crippen molar-refractivity contribution in [3.8, 4) is 0 Å². The largest absolute Gasteiger partial charge is 0.473 e. The maximum atomic E-state index is 12.0. The zero-order valence-electron chi connectivity index (χ0n) is 15.1. The fourth-order valence-electron chi connectivity index (χ4n) is 2.49. The predicted octanol–water partition coefficient (Wildman–Crippen LogP) is 1.09. The molecule has 0 spiro atoms. The lowest BCUT2D eigenvalue weighted by atomic mass is 9.88. The molecule has 2 rings (SSSR count). The fourth-order valence-corrected chi connectivity index (χ4v) is 2.49. The molecule has 8 nitrogen and oxygen atoms in total. The van der Waals surface area contributed by atoms with Crippen molar-refractivity contribution >= 4 is 17.9 Å². The van der Waals surface area contributed by atoms with Gasteiger partial charge in [0.05, 0.1) is 6.10 Å². The van der Waals surface area contributed by atoms with E-state index in [1.807, 2.05) is 32.0 Å². The van der Waals surface area contributed by atoms with Crippen molar-refractivity contribution in [1.82, 2.24) is 4.90 Å². The average Bonchev–Trinajstić information content (AvgIpc) is 2.58. The monoisotopic (exact) mass is 366 g/mol. The zero-order valence-corrected chi connectivity index (χ0v) is 15.1. The smallest absolute Gasteiger partial charge is 0.414 e. The van der Waals surface area contributed by atoms with Crippen LogP contribution >= 0.6 is 0 Å². The number of benzene rings is 1. The van der Waals surface area contributed by atoms with Gasteiger partial charge in [0.25, 0.3) is 0 Å². The molecule has 4 N–H and O–H groups in total. The van der Waals surface area contributed by atoms with E-state index in [9.17, 15) is 4.79 Å². The van der Waals surface area contributed by atoms with Crippen LogP contribution in [0.3, 0.4) is 0 Å². The normalized spacial score (nSPS) is 16.3. The molecule has 0 aliphatic carbocycles. The summed E-state index contributed by atoms with van der Waals surface area (Å²) in [5.41, 5.74) is 6.69. The Labute approximate surface area is 152 Å². The number of carboxylic acids is 2. The number of hydrogen-bond acceptors (Lipinski definition) is 6. The van der Waals surface area contributed by atoms with Gasteiger partial charge in [-0.25, -0.2) is 9.59 Å². The van der Waals surface area contributed by atoms with Crippen molar-refractivity contribution in [1.29, 1.82) is 0 Å². The molecular weight excluding hydrogens is 340 g/mol. The Kier molecular flexibility index (Phi) is 8.21. The number of aliphatic carboxylic acids is 2. The van der Waals surface area contributed by atoms with Crippen molar-refractivity contribution in [2.24, 2.45) is 5.73 Å². The summed E-state index contributed by atoms with van der Waals surface area (Å²) in [7, 11) is 0. The molecular formula is C18H26N2O6. The van der Waals surface area contributed by atoms with Crippen molar-refractivity contribution in [3.05, 3.63) is 35.9 Å². The minimum atomic E-state index is -1.82. The van der Waals surface area contributed by atoms with Gasteiger partial charge in [-0.1, -0.05) is 30.3 Å². The molecule has 0 radical (unpaired) electrons. The van der Waals surface area contributed by atoms with Gasteiger partial charge in [0, 0.05) is 19.6 Å². The summed E-state index contributed by atoms with van der Waals surface area (Å²) < 4.78 is 5.26. The Morgan fingerprint density at radius 2 is 1.62 bits per heavy atom. The summed E-state index contributed by atoms with van der Waals surface area (Å²) in [6.07, 6.45) is 1.21. The summed E-state index contributed by atoms with van der Waals surface area (Å²) in [5.74, 6) is -3.91. The number of carbonyl (C=O) groups is 3. The lowest BCUT2D eigenvalue weighted by Crippen LogP contribution is -2.56. The van der Waals surface area contributed by atoms with Crippen LogP contribution in [0.5, 0.6) is 0 Å². The second-order valence-electron chi connectivity index (χ2n) is 6.48. The van der Waals surface area contributed by atoms with Crippen molar-refractivity contribution in [2.45, 2.75) is 44.9 Å². The van der Waals surface area contributed by atoms with E-state index < -0.39 is 17.5 Å². The Bertz CT molecular complexity index is 597. The van der Waals surface area contributed by atoms with E-state index in [-0.39, 0.29) is 12.1 Å². The first-order valence-corrected chi connectivity index (χ1v) is 8.36. The fraction of sp³-hybridized carbons (Fsp3) is 0.500. The first kappa shape index (κ1) is 21.6. The Hall–Kier alpha value is -2.45. The number of likely N-dealkylation sites (tertiary alicyclic amines) is 1. The minimum absolute atomic E-state index is 0.106. The molecule has 1 fully saturated rings. The second-order valence-corrected chi connectivity index (χ2v) is 6.48. The van der Waals surface area contributed by atoms with Crippen LogP contribution in [-0.4, -0.2) is 57.8 Å². The van der Waals surface area contributed by atoms with Gasteiger partial charge in [-0.15, -0.1) is 0 Å². The SMILES string of the molecule is CC(C)OC(=O)C1(N)CCN(Cc2ccccc2)CC1.O=C(O)C(=O)O. The third kappa shape index (κ3) is 7.20. The number of nitrogens with two attached hydrogens (primary N) is 1. The highest BCUT2D eigenvalue weighted by Crippen LogP contribution is 2.23. The highest BCUT2D eigenvalue weighted by molar-refractivity contribution is 6.27. The molecule has 1 saturated heterocycles. The first-order chi connectivity index (χ1) is 12.1. The molecule has 0 amide bonds.